The first-order valence-corrected chi connectivity index (χ1v) is 8.48. The van der Waals surface area contributed by atoms with Crippen LogP contribution < -0.4 is 15.4 Å². The average Bonchev–Trinajstić information content (AvgIpc) is 3.08. The Hall–Kier alpha value is -2.08. The van der Waals surface area contributed by atoms with E-state index in [9.17, 15) is 4.39 Å². The van der Waals surface area contributed by atoms with E-state index in [0.29, 0.717) is 24.8 Å². The molecule has 2 N–H and O–H groups in total. The summed E-state index contributed by atoms with van der Waals surface area (Å²) >= 11 is 1.71. The van der Waals surface area contributed by atoms with Gasteiger partial charge in [0, 0.05) is 19.7 Å². The van der Waals surface area contributed by atoms with Crippen LogP contribution in [0.4, 0.5) is 4.39 Å². The van der Waals surface area contributed by atoms with Gasteiger partial charge in [-0.05, 0) is 40.4 Å². The fourth-order valence-electron chi connectivity index (χ4n) is 2.04. The molecular formula is C17H22FN3OS. The summed E-state index contributed by atoms with van der Waals surface area (Å²) in [5, 5.41) is 10.7. The molecule has 1 atom stereocenters. The second-order valence-electron chi connectivity index (χ2n) is 5.14. The summed E-state index contributed by atoms with van der Waals surface area (Å²) in [6, 6.07) is 8.27. The molecule has 0 aliphatic carbocycles. The molecule has 0 saturated carbocycles. The number of ether oxygens (including phenoxy) is 1. The molecule has 0 radical (unpaired) electrons. The molecule has 0 aliphatic rings. The maximum atomic E-state index is 13.0. The Balaban J connectivity index is 1.67. The molecule has 2 aromatic rings. The van der Waals surface area contributed by atoms with Crippen molar-refractivity contribution in [3.05, 3.63) is 52.5 Å². The Morgan fingerprint density at radius 3 is 2.91 bits per heavy atom. The molecule has 1 aromatic carbocycles. The van der Waals surface area contributed by atoms with E-state index in [4.69, 9.17) is 4.74 Å². The standard InChI is InChI=1S/C17H22FN3OS/c1-13(14-6-9-23-12-14)11-21-17(19-2)20-7-8-22-16-5-3-4-15(18)10-16/h3-6,9-10,12-13H,7-8,11H2,1-2H3,(H2,19,20,21). The zero-order valence-corrected chi connectivity index (χ0v) is 14.2. The lowest BCUT2D eigenvalue weighted by atomic mass is 10.1. The number of guanidine groups is 1. The summed E-state index contributed by atoms with van der Waals surface area (Å²) < 4.78 is 18.5. The Morgan fingerprint density at radius 1 is 1.35 bits per heavy atom. The third-order valence-electron chi connectivity index (χ3n) is 3.37. The largest absolute Gasteiger partial charge is 0.492 e. The summed E-state index contributed by atoms with van der Waals surface area (Å²) in [5.74, 6) is 1.38. The van der Waals surface area contributed by atoms with Gasteiger partial charge in [-0.25, -0.2) is 4.39 Å². The molecule has 1 unspecified atom stereocenters. The van der Waals surface area contributed by atoms with E-state index < -0.39 is 0 Å². The number of hydrogen-bond acceptors (Lipinski definition) is 3. The number of hydrogen-bond donors (Lipinski definition) is 2. The van der Waals surface area contributed by atoms with Crippen LogP contribution in [0.2, 0.25) is 0 Å². The second-order valence-corrected chi connectivity index (χ2v) is 5.92. The summed E-state index contributed by atoms with van der Waals surface area (Å²) in [6.07, 6.45) is 0. The van der Waals surface area contributed by atoms with Crippen LogP contribution in [0, 0.1) is 5.82 Å². The van der Waals surface area contributed by atoms with Gasteiger partial charge >= 0.3 is 0 Å². The van der Waals surface area contributed by atoms with Gasteiger partial charge in [0.1, 0.15) is 18.2 Å². The van der Waals surface area contributed by atoms with Crippen molar-refractivity contribution in [1.29, 1.82) is 0 Å². The molecule has 0 spiro atoms. The predicted molar refractivity (Wildman–Crippen MR) is 94.0 cm³/mol. The number of nitrogens with one attached hydrogen (secondary N) is 2. The molecule has 0 saturated heterocycles. The Morgan fingerprint density at radius 2 is 2.22 bits per heavy atom. The lowest BCUT2D eigenvalue weighted by Gasteiger charge is -2.15. The fraction of sp³-hybridized carbons (Fsp3) is 0.353. The highest BCUT2D eigenvalue weighted by molar-refractivity contribution is 7.07. The van der Waals surface area contributed by atoms with Gasteiger partial charge in [0.25, 0.3) is 0 Å². The molecule has 23 heavy (non-hydrogen) atoms. The SMILES string of the molecule is CN=C(NCCOc1cccc(F)c1)NCC(C)c1ccsc1. The lowest BCUT2D eigenvalue weighted by Crippen LogP contribution is -2.40. The topological polar surface area (TPSA) is 45.7 Å². The molecule has 1 heterocycles. The van der Waals surface area contributed by atoms with Gasteiger partial charge in [-0.1, -0.05) is 13.0 Å². The van der Waals surface area contributed by atoms with Crippen LogP contribution in [0.3, 0.4) is 0 Å². The zero-order chi connectivity index (χ0) is 16.5. The van der Waals surface area contributed by atoms with Crippen molar-refractivity contribution < 1.29 is 9.13 Å². The highest BCUT2D eigenvalue weighted by Crippen LogP contribution is 2.17. The minimum atomic E-state index is -0.296. The van der Waals surface area contributed by atoms with Crippen molar-refractivity contribution in [2.45, 2.75) is 12.8 Å². The zero-order valence-electron chi connectivity index (χ0n) is 13.4. The Bertz CT molecular complexity index is 616. The first-order valence-electron chi connectivity index (χ1n) is 7.54. The van der Waals surface area contributed by atoms with E-state index >= 15 is 0 Å². The lowest BCUT2D eigenvalue weighted by molar-refractivity contribution is 0.320. The van der Waals surface area contributed by atoms with Gasteiger partial charge in [0.2, 0.25) is 0 Å². The first kappa shape index (κ1) is 17.3. The van der Waals surface area contributed by atoms with Gasteiger partial charge in [-0.3, -0.25) is 4.99 Å². The van der Waals surface area contributed by atoms with Crippen molar-refractivity contribution in [3.8, 4) is 5.75 Å². The molecular weight excluding hydrogens is 313 g/mol. The van der Waals surface area contributed by atoms with Crippen LogP contribution >= 0.6 is 11.3 Å². The maximum absolute atomic E-state index is 13.0. The van der Waals surface area contributed by atoms with Gasteiger partial charge in [-0.15, -0.1) is 0 Å². The van der Waals surface area contributed by atoms with Crippen molar-refractivity contribution in [2.75, 3.05) is 26.7 Å². The second kappa shape index (κ2) is 9.15. The molecule has 6 heteroatoms. The number of nitrogens with zero attached hydrogens (tertiary/aromatic N) is 1. The maximum Gasteiger partial charge on any atom is 0.191 e. The van der Waals surface area contributed by atoms with E-state index in [1.807, 2.05) is 0 Å². The van der Waals surface area contributed by atoms with Crippen LogP contribution in [0.15, 0.2) is 46.1 Å². The third-order valence-corrected chi connectivity index (χ3v) is 4.07. The van der Waals surface area contributed by atoms with Crippen LogP contribution in [-0.2, 0) is 0 Å². The van der Waals surface area contributed by atoms with Crippen molar-refractivity contribution in [3.63, 3.8) is 0 Å². The van der Waals surface area contributed by atoms with Crippen LogP contribution in [0.5, 0.6) is 5.75 Å². The highest BCUT2D eigenvalue weighted by atomic mass is 32.1. The number of aliphatic imine (C=N–C) groups is 1. The molecule has 1 aromatic heterocycles. The number of benzene rings is 1. The number of rotatable bonds is 7. The van der Waals surface area contributed by atoms with Crippen molar-refractivity contribution >= 4 is 17.3 Å². The van der Waals surface area contributed by atoms with Crippen LogP contribution in [0.1, 0.15) is 18.4 Å². The first-order chi connectivity index (χ1) is 11.2. The third kappa shape index (κ3) is 5.90. The molecule has 0 aliphatic heterocycles. The van der Waals surface area contributed by atoms with Gasteiger partial charge < -0.3 is 15.4 Å². The van der Waals surface area contributed by atoms with Crippen LogP contribution in [0.25, 0.3) is 0 Å². The molecule has 124 valence electrons. The van der Waals surface area contributed by atoms with Gasteiger partial charge in [0.15, 0.2) is 5.96 Å². The molecule has 2 rings (SSSR count). The minimum absolute atomic E-state index is 0.296. The quantitative estimate of drug-likeness (QED) is 0.464. The van der Waals surface area contributed by atoms with E-state index in [1.54, 1.807) is 30.5 Å². The monoisotopic (exact) mass is 335 g/mol. The summed E-state index contributed by atoms with van der Waals surface area (Å²) in [7, 11) is 1.73. The summed E-state index contributed by atoms with van der Waals surface area (Å²) in [6.45, 7) is 4.00. The summed E-state index contributed by atoms with van der Waals surface area (Å²) in [5.41, 5.74) is 1.33. The number of thiophene rings is 1. The van der Waals surface area contributed by atoms with Crippen molar-refractivity contribution in [1.82, 2.24) is 10.6 Å². The molecule has 0 amide bonds. The number of halogens is 1. The van der Waals surface area contributed by atoms with Crippen molar-refractivity contribution in [2.24, 2.45) is 4.99 Å². The average molecular weight is 335 g/mol. The van der Waals surface area contributed by atoms with E-state index in [-0.39, 0.29) is 5.82 Å². The van der Waals surface area contributed by atoms with Gasteiger partial charge in [-0.2, -0.15) is 11.3 Å². The van der Waals surface area contributed by atoms with Gasteiger partial charge in [0.05, 0.1) is 6.54 Å². The van der Waals surface area contributed by atoms with Crippen LogP contribution in [-0.4, -0.2) is 32.7 Å². The molecule has 4 nitrogen and oxygen atoms in total. The predicted octanol–water partition coefficient (Wildman–Crippen LogP) is 3.23. The summed E-state index contributed by atoms with van der Waals surface area (Å²) in [4.78, 5) is 4.18. The van der Waals surface area contributed by atoms with E-state index in [0.717, 1.165) is 12.5 Å². The van der Waals surface area contributed by atoms with E-state index in [2.05, 4.69) is 39.4 Å². The smallest absolute Gasteiger partial charge is 0.191 e. The fourth-order valence-corrected chi connectivity index (χ4v) is 2.82. The minimum Gasteiger partial charge on any atom is -0.492 e. The van der Waals surface area contributed by atoms with E-state index in [1.165, 1.54) is 17.7 Å². The Kier molecular flexibility index (Phi) is 6.87. The molecule has 0 bridgehead atoms. The molecule has 0 fully saturated rings. The highest BCUT2D eigenvalue weighted by Gasteiger charge is 2.06. The normalized spacial score (nSPS) is 12.7. The Labute approximate surface area is 140 Å².